The third-order valence-electron chi connectivity index (χ3n) is 5.36. The minimum absolute atomic E-state index is 0.126. The van der Waals surface area contributed by atoms with Gasteiger partial charge in [0.15, 0.2) is 0 Å². The average molecular weight is 414 g/mol. The van der Waals surface area contributed by atoms with Crippen molar-refractivity contribution < 1.29 is 13.2 Å². The Kier molecular flexibility index (Phi) is 4.39. The molecule has 1 fully saturated rings. The van der Waals surface area contributed by atoms with E-state index in [9.17, 15) is 18.0 Å². The third kappa shape index (κ3) is 3.58. The summed E-state index contributed by atoms with van der Waals surface area (Å²) < 4.78 is 31.0. The molecule has 9 heteroatoms. The molecular weight excluding hydrogens is 392 g/mol. The summed E-state index contributed by atoms with van der Waals surface area (Å²) in [5, 5.41) is 0. The summed E-state index contributed by atoms with van der Waals surface area (Å²) in [4.78, 5) is 24.3. The van der Waals surface area contributed by atoms with Crippen LogP contribution in [0.1, 0.15) is 35.7 Å². The van der Waals surface area contributed by atoms with Gasteiger partial charge in [-0.1, -0.05) is 12.1 Å². The molecule has 1 amide bonds. The number of aryl methyl sites for hydroxylation is 1. The van der Waals surface area contributed by atoms with E-state index in [4.69, 9.17) is 5.73 Å². The quantitative estimate of drug-likeness (QED) is 0.633. The molecule has 0 unspecified atom stereocenters. The molecule has 0 atom stereocenters. The number of hydrogen-bond donors (Lipinski definition) is 2. The van der Waals surface area contributed by atoms with Crippen molar-refractivity contribution >= 4 is 27.0 Å². The Morgan fingerprint density at radius 1 is 1.17 bits per heavy atom. The summed E-state index contributed by atoms with van der Waals surface area (Å²) >= 11 is 0. The number of sulfonamides is 1. The average Bonchev–Trinajstić information content (AvgIpc) is 3.35. The number of fused-ring (bicyclic) bond motifs is 1. The maximum Gasteiger partial charge on any atom is 0.329 e. The van der Waals surface area contributed by atoms with E-state index in [1.807, 2.05) is 6.92 Å². The molecule has 2 aromatic carbocycles. The monoisotopic (exact) mass is 414 g/mol. The predicted molar refractivity (Wildman–Crippen MR) is 109 cm³/mol. The van der Waals surface area contributed by atoms with Gasteiger partial charge in [0, 0.05) is 18.2 Å². The first-order valence-electron chi connectivity index (χ1n) is 9.22. The van der Waals surface area contributed by atoms with Crippen LogP contribution in [0.2, 0.25) is 0 Å². The number of rotatable bonds is 6. The highest BCUT2D eigenvalue weighted by Gasteiger charge is 2.41. The van der Waals surface area contributed by atoms with Crippen molar-refractivity contribution in [3.63, 3.8) is 0 Å². The van der Waals surface area contributed by atoms with Gasteiger partial charge in [0.05, 0.1) is 22.5 Å². The topological polar surface area (TPSA) is 116 Å². The Hall–Kier alpha value is -2.91. The molecule has 152 valence electrons. The van der Waals surface area contributed by atoms with Crippen molar-refractivity contribution in [2.75, 3.05) is 0 Å². The fourth-order valence-corrected chi connectivity index (χ4v) is 4.87. The molecule has 0 saturated heterocycles. The van der Waals surface area contributed by atoms with Gasteiger partial charge < -0.3 is 5.73 Å². The summed E-state index contributed by atoms with van der Waals surface area (Å²) in [5.41, 5.74) is 6.92. The van der Waals surface area contributed by atoms with Crippen molar-refractivity contribution in [2.24, 2.45) is 12.8 Å². The van der Waals surface area contributed by atoms with Gasteiger partial charge in [-0.15, -0.1) is 0 Å². The number of nitrogens with zero attached hydrogens (tertiary/aromatic N) is 2. The van der Waals surface area contributed by atoms with Crippen LogP contribution < -0.4 is 16.1 Å². The maximum atomic E-state index is 12.8. The van der Waals surface area contributed by atoms with Crippen LogP contribution >= 0.6 is 0 Å². The highest BCUT2D eigenvalue weighted by atomic mass is 32.2. The Morgan fingerprint density at radius 3 is 2.55 bits per heavy atom. The van der Waals surface area contributed by atoms with E-state index in [-0.39, 0.29) is 22.7 Å². The molecule has 1 aromatic heterocycles. The Morgan fingerprint density at radius 2 is 1.90 bits per heavy atom. The van der Waals surface area contributed by atoms with Crippen molar-refractivity contribution in [3.8, 4) is 0 Å². The molecule has 0 spiro atoms. The van der Waals surface area contributed by atoms with Crippen molar-refractivity contribution in [2.45, 2.75) is 36.7 Å². The molecule has 3 N–H and O–H groups in total. The molecule has 1 saturated carbocycles. The van der Waals surface area contributed by atoms with Crippen LogP contribution in [-0.2, 0) is 23.6 Å². The van der Waals surface area contributed by atoms with Gasteiger partial charge in [0.25, 0.3) is 0 Å². The number of primary amides is 1. The standard InChI is InChI=1S/C20H22N4O4S/c1-20(8-9-20)22-29(27,28)15-6-7-16-17(11-15)23(2)19(26)24(16)12-13-4-3-5-14(10-13)18(21)25/h3-7,10-11,22H,8-9,12H2,1-2H3,(H2,21,25). The van der Waals surface area contributed by atoms with Gasteiger partial charge in [-0.2, -0.15) is 0 Å². The number of carbonyl (C=O) groups excluding carboxylic acids is 1. The van der Waals surface area contributed by atoms with Crippen LogP contribution in [0.15, 0.2) is 52.2 Å². The van der Waals surface area contributed by atoms with E-state index in [2.05, 4.69) is 4.72 Å². The molecule has 29 heavy (non-hydrogen) atoms. The van der Waals surface area contributed by atoms with Crippen molar-refractivity contribution in [1.82, 2.24) is 13.9 Å². The minimum Gasteiger partial charge on any atom is -0.366 e. The number of hydrogen-bond acceptors (Lipinski definition) is 4. The van der Waals surface area contributed by atoms with Crippen molar-refractivity contribution in [1.29, 1.82) is 0 Å². The largest absolute Gasteiger partial charge is 0.366 e. The lowest BCUT2D eigenvalue weighted by molar-refractivity contribution is 0.1000. The Balaban J connectivity index is 1.75. The SMILES string of the molecule is Cn1c(=O)n(Cc2cccc(C(N)=O)c2)c2ccc(S(=O)(=O)NC3(C)CC3)cc21. The van der Waals surface area contributed by atoms with Gasteiger partial charge >= 0.3 is 5.69 Å². The summed E-state index contributed by atoms with van der Waals surface area (Å²) in [5.74, 6) is -0.538. The second-order valence-corrected chi connectivity index (χ2v) is 9.49. The molecule has 0 bridgehead atoms. The first-order chi connectivity index (χ1) is 13.6. The van der Waals surface area contributed by atoms with E-state index in [0.29, 0.717) is 16.6 Å². The second kappa shape index (κ2) is 6.57. The van der Waals surface area contributed by atoms with Crippen LogP contribution in [0.25, 0.3) is 11.0 Å². The number of nitrogens with two attached hydrogens (primary N) is 1. The smallest absolute Gasteiger partial charge is 0.329 e. The molecule has 3 aromatic rings. The third-order valence-corrected chi connectivity index (χ3v) is 7.00. The summed E-state index contributed by atoms with van der Waals surface area (Å²) in [7, 11) is -2.06. The number of benzene rings is 2. The summed E-state index contributed by atoms with van der Waals surface area (Å²) in [6.07, 6.45) is 1.63. The minimum atomic E-state index is -3.67. The first kappa shape index (κ1) is 19.4. The van der Waals surface area contributed by atoms with Gasteiger partial charge in [0.2, 0.25) is 15.9 Å². The van der Waals surface area contributed by atoms with Gasteiger partial charge in [0.1, 0.15) is 0 Å². The van der Waals surface area contributed by atoms with Crippen LogP contribution in [0.4, 0.5) is 0 Å². The molecule has 1 heterocycles. The number of carbonyl (C=O) groups is 1. The van der Waals surface area contributed by atoms with E-state index in [1.165, 1.54) is 16.7 Å². The fraction of sp³-hybridized carbons (Fsp3) is 0.300. The zero-order valence-electron chi connectivity index (χ0n) is 16.2. The van der Waals surface area contributed by atoms with Gasteiger partial charge in [-0.05, 0) is 55.7 Å². The van der Waals surface area contributed by atoms with Crippen molar-refractivity contribution in [3.05, 3.63) is 64.1 Å². The van der Waals surface area contributed by atoms with Gasteiger partial charge in [-0.3, -0.25) is 13.9 Å². The molecule has 0 radical (unpaired) electrons. The number of nitrogens with one attached hydrogen (secondary N) is 1. The second-order valence-electron chi connectivity index (χ2n) is 7.81. The predicted octanol–water partition coefficient (Wildman–Crippen LogP) is 1.32. The number of imidazole rings is 1. The van der Waals surface area contributed by atoms with Crippen LogP contribution in [0, 0.1) is 0 Å². The molecule has 4 rings (SSSR count). The molecule has 1 aliphatic rings. The summed E-state index contributed by atoms with van der Waals surface area (Å²) in [6, 6.07) is 11.4. The fourth-order valence-electron chi connectivity index (χ4n) is 3.39. The van der Waals surface area contributed by atoms with Crippen LogP contribution in [0.3, 0.4) is 0 Å². The zero-order valence-corrected chi connectivity index (χ0v) is 17.0. The first-order valence-corrected chi connectivity index (χ1v) is 10.7. The van der Waals surface area contributed by atoms with E-state index in [1.54, 1.807) is 41.9 Å². The Bertz CT molecular complexity index is 1300. The zero-order chi connectivity index (χ0) is 21.0. The number of aromatic nitrogens is 2. The van der Waals surface area contributed by atoms with E-state index < -0.39 is 15.9 Å². The molecule has 0 aliphatic heterocycles. The highest BCUT2D eigenvalue weighted by molar-refractivity contribution is 7.89. The molecular formula is C20H22N4O4S. The molecule has 1 aliphatic carbocycles. The lowest BCUT2D eigenvalue weighted by atomic mass is 10.1. The lowest BCUT2D eigenvalue weighted by Crippen LogP contribution is -2.34. The highest BCUT2D eigenvalue weighted by Crippen LogP contribution is 2.36. The van der Waals surface area contributed by atoms with E-state index >= 15 is 0 Å². The number of amides is 1. The lowest BCUT2D eigenvalue weighted by Gasteiger charge is -2.12. The normalized spacial score (nSPS) is 15.5. The van der Waals surface area contributed by atoms with E-state index in [0.717, 1.165) is 18.4 Å². The maximum absolute atomic E-state index is 12.8. The van der Waals surface area contributed by atoms with Gasteiger partial charge in [-0.25, -0.2) is 17.9 Å². The summed E-state index contributed by atoms with van der Waals surface area (Å²) in [6.45, 7) is 2.11. The molecule has 8 nitrogen and oxygen atoms in total. The Labute approximate surface area is 168 Å². The van der Waals surface area contributed by atoms with Crippen LogP contribution in [-0.4, -0.2) is 29.0 Å². The van der Waals surface area contributed by atoms with Crippen LogP contribution in [0.5, 0.6) is 0 Å².